The molecular formula is C8H5N5OS. The Bertz CT molecular complexity index is 523. The van der Waals surface area contributed by atoms with E-state index < -0.39 is 0 Å². The smallest absolute Gasteiger partial charge is 0.244 e. The predicted octanol–water partition coefficient (Wildman–Crippen LogP) is 0.481. The molecule has 1 aliphatic rings. The minimum atomic E-state index is -0.0133. The summed E-state index contributed by atoms with van der Waals surface area (Å²) in [4.78, 5) is 19.6. The monoisotopic (exact) mass is 219 g/mol. The zero-order chi connectivity index (χ0) is 10.3. The van der Waals surface area contributed by atoms with Gasteiger partial charge in [-0.1, -0.05) is 11.8 Å². The summed E-state index contributed by atoms with van der Waals surface area (Å²) in [6.07, 6.45) is 4.69. The summed E-state index contributed by atoms with van der Waals surface area (Å²) in [7, 11) is 0. The summed E-state index contributed by atoms with van der Waals surface area (Å²) in [5, 5.41) is 8.46. The maximum atomic E-state index is 11.5. The SMILES string of the molecule is O=C1CSc2nnc(-c3cnccn3)n21. The first-order valence-electron chi connectivity index (χ1n) is 4.24. The van der Waals surface area contributed by atoms with Crippen LogP contribution in [0.1, 0.15) is 4.79 Å². The Hall–Kier alpha value is -1.76. The van der Waals surface area contributed by atoms with Crippen LogP contribution in [0.2, 0.25) is 0 Å². The van der Waals surface area contributed by atoms with Gasteiger partial charge in [0.2, 0.25) is 5.91 Å². The van der Waals surface area contributed by atoms with E-state index in [2.05, 4.69) is 20.2 Å². The molecule has 0 spiro atoms. The van der Waals surface area contributed by atoms with Gasteiger partial charge < -0.3 is 0 Å². The van der Waals surface area contributed by atoms with Crippen LogP contribution >= 0.6 is 11.8 Å². The van der Waals surface area contributed by atoms with Crippen LogP contribution in [-0.4, -0.2) is 36.4 Å². The molecule has 0 saturated carbocycles. The highest BCUT2D eigenvalue weighted by Gasteiger charge is 2.26. The van der Waals surface area contributed by atoms with Crippen LogP contribution in [0.4, 0.5) is 0 Å². The highest BCUT2D eigenvalue weighted by molar-refractivity contribution is 8.00. The Kier molecular flexibility index (Phi) is 1.78. The molecule has 0 unspecified atom stereocenters. The number of carbonyl (C=O) groups is 1. The molecule has 74 valence electrons. The van der Waals surface area contributed by atoms with Crippen molar-refractivity contribution in [2.45, 2.75) is 5.16 Å². The van der Waals surface area contributed by atoms with Crippen molar-refractivity contribution in [3.05, 3.63) is 18.6 Å². The van der Waals surface area contributed by atoms with E-state index in [1.54, 1.807) is 18.6 Å². The van der Waals surface area contributed by atoms with Crippen LogP contribution in [0.5, 0.6) is 0 Å². The van der Waals surface area contributed by atoms with Crippen molar-refractivity contribution in [2.75, 3.05) is 5.75 Å². The largest absolute Gasteiger partial charge is 0.273 e. The topological polar surface area (TPSA) is 73.6 Å². The number of carbonyl (C=O) groups excluding carboxylic acids is 1. The van der Waals surface area contributed by atoms with Gasteiger partial charge in [-0.05, 0) is 0 Å². The Morgan fingerprint density at radius 1 is 1.33 bits per heavy atom. The molecule has 0 aromatic carbocycles. The van der Waals surface area contributed by atoms with Crippen LogP contribution in [-0.2, 0) is 0 Å². The molecule has 3 rings (SSSR count). The lowest BCUT2D eigenvalue weighted by atomic mass is 10.4. The molecule has 7 heteroatoms. The summed E-state index contributed by atoms with van der Waals surface area (Å²) >= 11 is 1.38. The van der Waals surface area contributed by atoms with Crippen molar-refractivity contribution < 1.29 is 4.79 Å². The van der Waals surface area contributed by atoms with E-state index in [0.29, 0.717) is 22.4 Å². The second-order valence-corrected chi connectivity index (χ2v) is 3.86. The zero-order valence-electron chi connectivity index (χ0n) is 7.49. The number of nitrogens with zero attached hydrogens (tertiary/aromatic N) is 5. The lowest BCUT2D eigenvalue weighted by Gasteiger charge is -1.98. The molecule has 0 bridgehead atoms. The zero-order valence-corrected chi connectivity index (χ0v) is 8.31. The van der Waals surface area contributed by atoms with Crippen LogP contribution < -0.4 is 0 Å². The lowest BCUT2D eigenvalue weighted by molar-refractivity contribution is 0.0941. The van der Waals surface area contributed by atoms with E-state index in [1.807, 2.05) is 0 Å². The molecule has 0 fully saturated rings. The summed E-state index contributed by atoms with van der Waals surface area (Å²) in [5.74, 6) is 0.867. The van der Waals surface area contributed by atoms with Gasteiger partial charge in [-0.25, -0.2) is 9.55 Å². The van der Waals surface area contributed by atoms with Gasteiger partial charge in [-0.2, -0.15) is 0 Å². The van der Waals surface area contributed by atoms with Gasteiger partial charge in [0.1, 0.15) is 5.69 Å². The average molecular weight is 219 g/mol. The minimum Gasteiger partial charge on any atom is -0.273 e. The second-order valence-electron chi connectivity index (χ2n) is 2.91. The van der Waals surface area contributed by atoms with E-state index >= 15 is 0 Å². The molecule has 6 nitrogen and oxygen atoms in total. The van der Waals surface area contributed by atoms with Gasteiger partial charge in [0.15, 0.2) is 11.0 Å². The van der Waals surface area contributed by atoms with Gasteiger partial charge in [0.25, 0.3) is 0 Å². The fourth-order valence-electron chi connectivity index (χ4n) is 1.36. The molecule has 0 atom stereocenters. The number of hydrogen-bond acceptors (Lipinski definition) is 6. The number of fused-ring (bicyclic) bond motifs is 1. The third-order valence-electron chi connectivity index (χ3n) is 2.00. The molecule has 0 aliphatic carbocycles. The Balaban J connectivity index is 2.19. The molecule has 15 heavy (non-hydrogen) atoms. The number of aromatic nitrogens is 5. The van der Waals surface area contributed by atoms with Crippen molar-refractivity contribution in [2.24, 2.45) is 0 Å². The third kappa shape index (κ3) is 1.23. The lowest BCUT2D eigenvalue weighted by Crippen LogP contribution is -2.09. The van der Waals surface area contributed by atoms with E-state index in [-0.39, 0.29) is 5.91 Å². The van der Waals surface area contributed by atoms with E-state index in [1.165, 1.54) is 16.3 Å². The molecule has 2 aromatic heterocycles. The average Bonchev–Trinajstić information content (AvgIpc) is 2.84. The highest BCUT2D eigenvalue weighted by atomic mass is 32.2. The maximum absolute atomic E-state index is 11.5. The second kappa shape index (κ2) is 3.13. The van der Waals surface area contributed by atoms with Crippen molar-refractivity contribution >= 4 is 17.7 Å². The van der Waals surface area contributed by atoms with Crippen LogP contribution in [0.15, 0.2) is 23.7 Å². The molecule has 0 radical (unpaired) electrons. The Morgan fingerprint density at radius 3 is 3.07 bits per heavy atom. The molecular weight excluding hydrogens is 214 g/mol. The summed E-state index contributed by atoms with van der Waals surface area (Å²) in [6.45, 7) is 0. The fraction of sp³-hybridized carbons (Fsp3) is 0.125. The number of rotatable bonds is 1. The molecule has 0 N–H and O–H groups in total. The first-order valence-corrected chi connectivity index (χ1v) is 5.22. The molecule has 3 heterocycles. The number of hydrogen-bond donors (Lipinski definition) is 0. The molecule has 1 aliphatic heterocycles. The van der Waals surface area contributed by atoms with E-state index in [9.17, 15) is 4.79 Å². The van der Waals surface area contributed by atoms with E-state index in [0.717, 1.165) is 0 Å². The van der Waals surface area contributed by atoms with Gasteiger partial charge >= 0.3 is 0 Å². The fourth-order valence-corrected chi connectivity index (χ4v) is 2.16. The molecule has 0 saturated heterocycles. The third-order valence-corrected chi connectivity index (χ3v) is 2.91. The van der Waals surface area contributed by atoms with Crippen molar-refractivity contribution in [1.29, 1.82) is 0 Å². The van der Waals surface area contributed by atoms with Crippen molar-refractivity contribution in [3.8, 4) is 11.5 Å². The Morgan fingerprint density at radius 2 is 2.27 bits per heavy atom. The highest BCUT2D eigenvalue weighted by Crippen LogP contribution is 2.27. The summed E-state index contributed by atoms with van der Waals surface area (Å²) < 4.78 is 1.48. The van der Waals surface area contributed by atoms with Gasteiger partial charge in [-0.3, -0.25) is 9.78 Å². The first kappa shape index (κ1) is 8.54. The number of thioether (sulfide) groups is 1. The maximum Gasteiger partial charge on any atom is 0.244 e. The van der Waals surface area contributed by atoms with Crippen LogP contribution in [0.25, 0.3) is 11.5 Å². The van der Waals surface area contributed by atoms with Crippen molar-refractivity contribution in [3.63, 3.8) is 0 Å². The Labute approximate surface area is 88.8 Å². The summed E-state index contributed by atoms with van der Waals surface area (Å²) in [6, 6.07) is 0. The predicted molar refractivity (Wildman–Crippen MR) is 52.4 cm³/mol. The van der Waals surface area contributed by atoms with Crippen LogP contribution in [0.3, 0.4) is 0 Å². The van der Waals surface area contributed by atoms with Gasteiger partial charge in [0.05, 0.1) is 11.9 Å². The van der Waals surface area contributed by atoms with Gasteiger partial charge in [0, 0.05) is 12.4 Å². The van der Waals surface area contributed by atoms with Crippen molar-refractivity contribution in [1.82, 2.24) is 24.7 Å². The normalized spacial score (nSPS) is 14.3. The molecule has 2 aromatic rings. The van der Waals surface area contributed by atoms with Crippen LogP contribution in [0, 0.1) is 0 Å². The molecule has 0 amide bonds. The first-order chi connectivity index (χ1) is 7.36. The van der Waals surface area contributed by atoms with E-state index in [4.69, 9.17) is 0 Å². The minimum absolute atomic E-state index is 0.0133. The van der Waals surface area contributed by atoms with Gasteiger partial charge in [-0.15, -0.1) is 10.2 Å². The summed E-state index contributed by atoms with van der Waals surface area (Å²) in [5.41, 5.74) is 0.562. The standard InChI is InChI=1S/C8H5N5OS/c14-6-4-15-8-12-11-7(13(6)8)5-3-9-1-2-10-5/h1-3H,4H2. The quantitative estimate of drug-likeness (QED) is 0.694.